The molecular formula is C19H20Cl2N2O4. The Morgan fingerprint density at radius 2 is 1.81 bits per heavy atom. The predicted octanol–water partition coefficient (Wildman–Crippen LogP) is 4.11. The molecule has 0 aliphatic heterocycles. The summed E-state index contributed by atoms with van der Waals surface area (Å²) in [7, 11) is 3.07. The first-order valence-electron chi connectivity index (χ1n) is 8.17. The van der Waals surface area contributed by atoms with E-state index < -0.39 is 0 Å². The number of methoxy groups -OCH3 is 1. The average Bonchev–Trinajstić information content (AvgIpc) is 2.64. The van der Waals surface area contributed by atoms with Crippen molar-refractivity contribution in [2.24, 2.45) is 0 Å². The first-order chi connectivity index (χ1) is 12.8. The number of hydrogen-bond acceptors (Lipinski definition) is 4. The van der Waals surface area contributed by atoms with E-state index in [1.807, 2.05) is 6.92 Å². The Balaban J connectivity index is 2.05. The third kappa shape index (κ3) is 5.52. The monoisotopic (exact) mass is 410 g/mol. The Morgan fingerprint density at radius 1 is 1.07 bits per heavy atom. The summed E-state index contributed by atoms with van der Waals surface area (Å²) in [4.78, 5) is 26.1. The van der Waals surface area contributed by atoms with Gasteiger partial charge in [-0.25, -0.2) is 0 Å². The molecule has 0 saturated heterocycles. The molecule has 0 atom stereocenters. The molecule has 2 amide bonds. The molecule has 0 bridgehead atoms. The lowest BCUT2D eigenvalue weighted by molar-refractivity contribution is -0.116. The van der Waals surface area contributed by atoms with Crippen molar-refractivity contribution < 1.29 is 19.1 Å². The number of carbonyl (C=O) groups is 2. The highest BCUT2D eigenvalue weighted by Gasteiger charge is 2.17. The number of hydrogen-bond donors (Lipinski definition) is 1. The number of benzene rings is 2. The summed E-state index contributed by atoms with van der Waals surface area (Å²) >= 11 is 11.8. The van der Waals surface area contributed by atoms with Gasteiger partial charge in [0.1, 0.15) is 0 Å². The third-order valence-corrected chi connectivity index (χ3v) is 4.38. The second-order valence-electron chi connectivity index (χ2n) is 5.64. The van der Waals surface area contributed by atoms with Gasteiger partial charge in [0.15, 0.2) is 11.5 Å². The number of nitrogens with zero attached hydrogens (tertiary/aromatic N) is 1. The van der Waals surface area contributed by atoms with Crippen molar-refractivity contribution in [3.8, 4) is 11.5 Å². The van der Waals surface area contributed by atoms with E-state index in [0.29, 0.717) is 39.4 Å². The van der Waals surface area contributed by atoms with Crippen LogP contribution in [0.2, 0.25) is 10.0 Å². The Morgan fingerprint density at radius 3 is 2.44 bits per heavy atom. The number of likely N-dealkylation sites (N-methyl/N-ethyl adjacent to an activating group) is 1. The van der Waals surface area contributed by atoms with E-state index in [-0.39, 0.29) is 18.4 Å². The van der Waals surface area contributed by atoms with Gasteiger partial charge in [-0.2, -0.15) is 0 Å². The van der Waals surface area contributed by atoms with E-state index in [4.69, 9.17) is 32.7 Å². The number of halogens is 2. The maximum atomic E-state index is 12.6. The number of rotatable bonds is 7. The molecule has 0 spiro atoms. The van der Waals surface area contributed by atoms with Gasteiger partial charge < -0.3 is 19.7 Å². The molecule has 0 unspecified atom stereocenters. The molecule has 2 aromatic carbocycles. The number of ether oxygens (including phenoxy) is 2. The van der Waals surface area contributed by atoms with E-state index in [1.165, 1.54) is 12.0 Å². The Labute approximate surface area is 168 Å². The van der Waals surface area contributed by atoms with Crippen molar-refractivity contribution in [1.29, 1.82) is 0 Å². The van der Waals surface area contributed by atoms with Gasteiger partial charge in [-0.3, -0.25) is 9.59 Å². The van der Waals surface area contributed by atoms with Gasteiger partial charge in [0.2, 0.25) is 5.91 Å². The fraction of sp³-hybridized carbons (Fsp3) is 0.263. The number of carbonyl (C=O) groups excluding carboxylic acids is 2. The van der Waals surface area contributed by atoms with E-state index in [0.717, 1.165) is 0 Å². The van der Waals surface area contributed by atoms with Gasteiger partial charge in [-0.1, -0.05) is 23.2 Å². The molecule has 0 fully saturated rings. The molecule has 8 heteroatoms. The van der Waals surface area contributed by atoms with Crippen molar-refractivity contribution in [3.05, 3.63) is 52.0 Å². The first kappa shape index (κ1) is 20.9. The molecule has 0 heterocycles. The molecule has 1 N–H and O–H groups in total. The summed E-state index contributed by atoms with van der Waals surface area (Å²) < 4.78 is 10.7. The van der Waals surface area contributed by atoms with Crippen LogP contribution in [0.5, 0.6) is 11.5 Å². The third-order valence-electron chi connectivity index (χ3n) is 3.64. The smallest absolute Gasteiger partial charge is 0.254 e. The minimum atomic E-state index is -0.359. The summed E-state index contributed by atoms with van der Waals surface area (Å²) in [6.07, 6.45) is 0. The van der Waals surface area contributed by atoms with Crippen LogP contribution in [-0.4, -0.2) is 44.0 Å². The molecule has 2 rings (SSSR count). The van der Waals surface area contributed by atoms with E-state index in [2.05, 4.69) is 5.32 Å². The molecule has 27 heavy (non-hydrogen) atoms. The molecule has 2 aromatic rings. The molecule has 0 radical (unpaired) electrons. The van der Waals surface area contributed by atoms with Crippen molar-refractivity contribution in [1.82, 2.24) is 4.90 Å². The van der Waals surface area contributed by atoms with Crippen LogP contribution < -0.4 is 14.8 Å². The largest absolute Gasteiger partial charge is 0.493 e. The molecule has 144 valence electrons. The standard InChI is InChI=1S/C19H20Cl2N2O4/c1-4-27-17-9-12(5-8-16(17)26-3)19(25)23(2)11-18(24)22-13-6-7-14(20)15(21)10-13/h5-10H,4,11H2,1-3H3,(H,22,24). The maximum Gasteiger partial charge on any atom is 0.254 e. The molecule has 6 nitrogen and oxygen atoms in total. The molecule has 0 aromatic heterocycles. The highest BCUT2D eigenvalue weighted by atomic mass is 35.5. The topological polar surface area (TPSA) is 67.9 Å². The fourth-order valence-corrected chi connectivity index (χ4v) is 2.66. The van der Waals surface area contributed by atoms with Crippen molar-refractivity contribution in [2.75, 3.05) is 32.6 Å². The average molecular weight is 411 g/mol. The summed E-state index contributed by atoms with van der Waals surface area (Å²) in [6, 6.07) is 9.63. The van der Waals surface area contributed by atoms with Gasteiger partial charge in [0, 0.05) is 18.3 Å². The zero-order chi connectivity index (χ0) is 20.0. The Hall–Kier alpha value is -2.44. The van der Waals surface area contributed by atoms with Crippen LogP contribution in [0.4, 0.5) is 5.69 Å². The first-order valence-corrected chi connectivity index (χ1v) is 8.92. The second kappa shape index (κ2) is 9.48. The molecule has 0 aliphatic carbocycles. The minimum Gasteiger partial charge on any atom is -0.493 e. The normalized spacial score (nSPS) is 10.3. The second-order valence-corrected chi connectivity index (χ2v) is 6.45. The van der Waals surface area contributed by atoms with Gasteiger partial charge in [-0.05, 0) is 43.3 Å². The molecule has 0 saturated carbocycles. The SMILES string of the molecule is CCOc1cc(C(=O)N(C)CC(=O)Nc2ccc(Cl)c(Cl)c2)ccc1OC. The Kier molecular flexibility index (Phi) is 7.33. The van der Waals surface area contributed by atoms with Crippen molar-refractivity contribution in [3.63, 3.8) is 0 Å². The van der Waals surface area contributed by atoms with Crippen LogP contribution in [0.25, 0.3) is 0 Å². The summed E-state index contributed by atoms with van der Waals surface area (Å²) in [6.45, 7) is 2.15. The summed E-state index contributed by atoms with van der Waals surface area (Å²) in [5.41, 5.74) is 0.891. The zero-order valence-electron chi connectivity index (χ0n) is 15.2. The summed E-state index contributed by atoms with van der Waals surface area (Å²) in [5.74, 6) is 0.332. The van der Waals surface area contributed by atoms with Gasteiger partial charge in [0.25, 0.3) is 5.91 Å². The quantitative estimate of drug-likeness (QED) is 0.745. The lowest BCUT2D eigenvalue weighted by atomic mass is 10.1. The number of nitrogens with one attached hydrogen (secondary N) is 1. The molecule has 0 aliphatic rings. The van der Waals surface area contributed by atoms with E-state index >= 15 is 0 Å². The molecular weight excluding hydrogens is 391 g/mol. The Bertz CT molecular complexity index is 842. The van der Waals surface area contributed by atoms with Crippen LogP contribution in [0, 0.1) is 0 Å². The lowest BCUT2D eigenvalue weighted by Gasteiger charge is -2.18. The van der Waals surface area contributed by atoms with Crippen LogP contribution in [0.15, 0.2) is 36.4 Å². The highest BCUT2D eigenvalue weighted by Crippen LogP contribution is 2.28. The van der Waals surface area contributed by atoms with E-state index in [1.54, 1.807) is 43.4 Å². The van der Waals surface area contributed by atoms with Gasteiger partial charge >= 0.3 is 0 Å². The summed E-state index contributed by atoms with van der Waals surface area (Å²) in [5, 5.41) is 3.41. The highest BCUT2D eigenvalue weighted by molar-refractivity contribution is 6.42. The lowest BCUT2D eigenvalue weighted by Crippen LogP contribution is -2.34. The maximum absolute atomic E-state index is 12.6. The van der Waals surface area contributed by atoms with Gasteiger partial charge in [-0.15, -0.1) is 0 Å². The van der Waals surface area contributed by atoms with Crippen LogP contribution in [-0.2, 0) is 4.79 Å². The predicted molar refractivity (Wildman–Crippen MR) is 106 cm³/mol. The van der Waals surface area contributed by atoms with E-state index in [9.17, 15) is 9.59 Å². The fourth-order valence-electron chi connectivity index (χ4n) is 2.36. The van der Waals surface area contributed by atoms with Crippen LogP contribution in [0.1, 0.15) is 17.3 Å². The van der Waals surface area contributed by atoms with Crippen LogP contribution >= 0.6 is 23.2 Å². The number of amides is 2. The minimum absolute atomic E-state index is 0.130. The van der Waals surface area contributed by atoms with Crippen molar-refractivity contribution in [2.45, 2.75) is 6.92 Å². The van der Waals surface area contributed by atoms with Gasteiger partial charge in [0.05, 0.1) is 30.3 Å². The van der Waals surface area contributed by atoms with Crippen LogP contribution in [0.3, 0.4) is 0 Å². The number of anilines is 1. The zero-order valence-corrected chi connectivity index (χ0v) is 16.7. The van der Waals surface area contributed by atoms with Crippen molar-refractivity contribution >= 4 is 40.7 Å².